The van der Waals surface area contributed by atoms with Gasteiger partial charge in [0.1, 0.15) is 24.2 Å². The van der Waals surface area contributed by atoms with Gasteiger partial charge in [-0.2, -0.15) is 10.2 Å². The topological polar surface area (TPSA) is 104 Å². The third kappa shape index (κ3) is 4.57. The number of nitrogens with one attached hydrogen (secondary N) is 1. The van der Waals surface area contributed by atoms with E-state index in [0.29, 0.717) is 30.0 Å². The first-order valence-electron chi connectivity index (χ1n) is 11.5. The normalized spacial score (nSPS) is 11.5. The summed E-state index contributed by atoms with van der Waals surface area (Å²) in [5.41, 5.74) is 4.86. The van der Waals surface area contributed by atoms with Crippen LogP contribution in [0.2, 0.25) is 0 Å². The second-order valence-corrected chi connectivity index (χ2v) is 8.90. The molecule has 4 aromatic heterocycles. The lowest BCUT2D eigenvalue weighted by atomic mass is 10.1. The molecule has 9 nitrogen and oxygen atoms in total. The van der Waals surface area contributed by atoms with E-state index in [1.165, 1.54) is 6.33 Å². The highest BCUT2D eigenvalue weighted by Crippen LogP contribution is 2.30. The monoisotopic (exact) mass is 469 g/mol. The summed E-state index contributed by atoms with van der Waals surface area (Å²) in [4.78, 5) is 22.2. The van der Waals surface area contributed by atoms with Crippen LogP contribution in [0.25, 0.3) is 22.3 Å². The number of carbonyl (C=O) groups excluding carboxylic acids is 1. The Morgan fingerprint density at radius 2 is 1.94 bits per heavy atom. The Labute approximate surface area is 202 Å². The molecule has 0 fully saturated rings. The fraction of sp³-hybridized carbons (Fsp3) is 0.269. The SMILES string of the molecule is Cc1cc(-c2cc(C(=O)NCc3cccc(Cn4cncn4)c3)c3cnn(C(C)C)c3n2)c(C)o1. The number of aromatic nitrogens is 6. The molecule has 1 aromatic carbocycles. The van der Waals surface area contributed by atoms with Crippen LogP contribution in [-0.2, 0) is 13.1 Å². The van der Waals surface area contributed by atoms with Crippen molar-refractivity contribution in [3.63, 3.8) is 0 Å². The molecule has 0 atom stereocenters. The third-order valence-electron chi connectivity index (χ3n) is 5.87. The Kier molecular flexibility index (Phi) is 5.90. The number of amides is 1. The molecule has 0 saturated heterocycles. The number of fused-ring (bicyclic) bond motifs is 1. The number of carbonyl (C=O) groups is 1. The van der Waals surface area contributed by atoms with E-state index in [-0.39, 0.29) is 11.9 Å². The van der Waals surface area contributed by atoms with Crippen molar-refractivity contribution in [2.75, 3.05) is 0 Å². The van der Waals surface area contributed by atoms with Crippen molar-refractivity contribution < 1.29 is 9.21 Å². The van der Waals surface area contributed by atoms with Gasteiger partial charge in [-0.3, -0.25) is 4.79 Å². The largest absolute Gasteiger partial charge is 0.466 e. The number of benzene rings is 1. The van der Waals surface area contributed by atoms with Gasteiger partial charge in [0.15, 0.2) is 5.65 Å². The van der Waals surface area contributed by atoms with Gasteiger partial charge in [0.2, 0.25) is 0 Å². The van der Waals surface area contributed by atoms with E-state index in [0.717, 1.165) is 33.6 Å². The lowest BCUT2D eigenvalue weighted by Gasteiger charge is -2.11. The summed E-state index contributed by atoms with van der Waals surface area (Å²) in [7, 11) is 0. The zero-order chi connectivity index (χ0) is 24.5. The Hall–Kier alpha value is -4.27. The van der Waals surface area contributed by atoms with Crippen LogP contribution in [0.3, 0.4) is 0 Å². The minimum atomic E-state index is -0.179. The minimum absolute atomic E-state index is 0.103. The number of hydrogen-bond donors (Lipinski definition) is 1. The quantitative estimate of drug-likeness (QED) is 0.377. The van der Waals surface area contributed by atoms with Gasteiger partial charge in [0, 0.05) is 18.2 Å². The number of aryl methyl sites for hydroxylation is 2. The zero-order valence-corrected chi connectivity index (χ0v) is 20.2. The summed E-state index contributed by atoms with van der Waals surface area (Å²) in [6.07, 6.45) is 4.91. The van der Waals surface area contributed by atoms with Crippen molar-refractivity contribution in [2.45, 2.75) is 46.8 Å². The molecule has 1 N–H and O–H groups in total. The summed E-state index contributed by atoms with van der Waals surface area (Å²) >= 11 is 0. The molecule has 9 heteroatoms. The van der Waals surface area contributed by atoms with Crippen LogP contribution in [-0.4, -0.2) is 35.4 Å². The van der Waals surface area contributed by atoms with Crippen molar-refractivity contribution in [3.05, 3.63) is 83.5 Å². The number of hydrogen-bond acceptors (Lipinski definition) is 6. The van der Waals surface area contributed by atoms with Crippen molar-refractivity contribution in [1.82, 2.24) is 34.8 Å². The maximum absolute atomic E-state index is 13.4. The van der Waals surface area contributed by atoms with E-state index in [1.807, 2.05) is 62.7 Å². The standard InChI is InChI=1S/C26H27N7O2/c1-16(2)33-25-23(12-29-33)22(10-24(31-25)21-8-17(3)35-18(21)4)26(34)28-11-19-6-5-7-20(9-19)13-32-15-27-14-30-32/h5-10,12,14-16H,11,13H2,1-4H3,(H,28,34). The average Bonchev–Trinajstić information content (AvgIpc) is 3.57. The highest BCUT2D eigenvalue weighted by Gasteiger charge is 2.20. The molecule has 0 saturated carbocycles. The molecule has 5 aromatic rings. The minimum Gasteiger partial charge on any atom is -0.466 e. The molecule has 0 radical (unpaired) electrons. The van der Waals surface area contributed by atoms with Crippen LogP contribution < -0.4 is 5.32 Å². The van der Waals surface area contributed by atoms with Crippen LogP contribution >= 0.6 is 0 Å². The molecule has 1 amide bonds. The predicted molar refractivity (Wildman–Crippen MR) is 132 cm³/mol. The molecule has 0 aliphatic rings. The summed E-state index contributed by atoms with van der Waals surface area (Å²) in [5, 5.41) is 12.4. The van der Waals surface area contributed by atoms with Crippen LogP contribution in [0.1, 0.15) is 52.9 Å². The molecule has 0 bridgehead atoms. The summed E-state index contributed by atoms with van der Waals surface area (Å²) in [5.74, 6) is 1.38. The fourth-order valence-corrected chi connectivity index (χ4v) is 4.22. The number of rotatable bonds is 7. The molecule has 0 aliphatic heterocycles. The first-order chi connectivity index (χ1) is 16.9. The van der Waals surface area contributed by atoms with E-state index >= 15 is 0 Å². The molecule has 178 valence electrons. The van der Waals surface area contributed by atoms with Gasteiger partial charge in [0.05, 0.1) is 29.4 Å². The molecule has 4 heterocycles. The molecule has 35 heavy (non-hydrogen) atoms. The zero-order valence-electron chi connectivity index (χ0n) is 20.2. The first-order valence-corrected chi connectivity index (χ1v) is 11.5. The molecule has 0 aliphatic carbocycles. The number of pyridine rings is 1. The Morgan fingerprint density at radius 3 is 2.66 bits per heavy atom. The van der Waals surface area contributed by atoms with Crippen LogP contribution in [0.15, 0.2) is 59.7 Å². The Bertz CT molecular complexity index is 1500. The van der Waals surface area contributed by atoms with Gasteiger partial charge < -0.3 is 9.73 Å². The summed E-state index contributed by atoms with van der Waals surface area (Å²) in [6.45, 7) is 8.90. The van der Waals surface area contributed by atoms with Gasteiger partial charge in [-0.15, -0.1) is 0 Å². The molecule has 0 spiro atoms. The summed E-state index contributed by atoms with van der Waals surface area (Å²) < 4.78 is 9.32. The second-order valence-electron chi connectivity index (χ2n) is 8.90. The van der Waals surface area contributed by atoms with E-state index in [4.69, 9.17) is 9.40 Å². The van der Waals surface area contributed by atoms with E-state index in [2.05, 4.69) is 26.6 Å². The molecule has 0 unspecified atom stereocenters. The van der Waals surface area contributed by atoms with E-state index < -0.39 is 0 Å². The van der Waals surface area contributed by atoms with Gasteiger partial charge in [0.25, 0.3) is 5.91 Å². The van der Waals surface area contributed by atoms with Gasteiger partial charge >= 0.3 is 0 Å². The smallest absolute Gasteiger partial charge is 0.252 e. The number of furan rings is 1. The number of nitrogens with zero attached hydrogens (tertiary/aromatic N) is 6. The van der Waals surface area contributed by atoms with Gasteiger partial charge in [-0.05, 0) is 51.0 Å². The van der Waals surface area contributed by atoms with Crippen LogP contribution in [0.4, 0.5) is 0 Å². The highest BCUT2D eigenvalue weighted by molar-refractivity contribution is 6.06. The lowest BCUT2D eigenvalue weighted by Crippen LogP contribution is -2.23. The molecular formula is C26H27N7O2. The third-order valence-corrected chi connectivity index (χ3v) is 5.87. The maximum atomic E-state index is 13.4. The lowest BCUT2D eigenvalue weighted by molar-refractivity contribution is 0.0952. The van der Waals surface area contributed by atoms with Crippen molar-refractivity contribution in [3.8, 4) is 11.3 Å². The first kappa shape index (κ1) is 22.5. The van der Waals surface area contributed by atoms with Crippen LogP contribution in [0.5, 0.6) is 0 Å². The van der Waals surface area contributed by atoms with E-state index in [1.54, 1.807) is 17.2 Å². The van der Waals surface area contributed by atoms with Gasteiger partial charge in [-0.1, -0.05) is 24.3 Å². The maximum Gasteiger partial charge on any atom is 0.252 e. The second kappa shape index (κ2) is 9.17. The summed E-state index contributed by atoms with van der Waals surface area (Å²) in [6, 6.07) is 11.9. The van der Waals surface area contributed by atoms with Crippen molar-refractivity contribution in [1.29, 1.82) is 0 Å². The Morgan fingerprint density at radius 1 is 1.11 bits per heavy atom. The van der Waals surface area contributed by atoms with Crippen molar-refractivity contribution in [2.24, 2.45) is 0 Å². The average molecular weight is 470 g/mol. The van der Waals surface area contributed by atoms with Crippen LogP contribution in [0, 0.1) is 13.8 Å². The van der Waals surface area contributed by atoms with E-state index in [9.17, 15) is 4.79 Å². The van der Waals surface area contributed by atoms with Crippen molar-refractivity contribution >= 4 is 16.9 Å². The highest BCUT2D eigenvalue weighted by atomic mass is 16.3. The molecule has 5 rings (SSSR count). The predicted octanol–water partition coefficient (Wildman–Crippen LogP) is 4.46. The fourth-order valence-electron chi connectivity index (χ4n) is 4.22. The Balaban J connectivity index is 1.45. The van der Waals surface area contributed by atoms with Gasteiger partial charge in [-0.25, -0.2) is 19.3 Å². The molecular weight excluding hydrogens is 442 g/mol.